The van der Waals surface area contributed by atoms with Crippen molar-refractivity contribution in [3.05, 3.63) is 58.1 Å². The first-order chi connectivity index (χ1) is 9.02. The lowest BCUT2D eigenvalue weighted by Gasteiger charge is -2.06. The van der Waals surface area contributed by atoms with Crippen LogP contribution in [0.15, 0.2) is 41.1 Å². The molecular weight excluding hydrogens is 307 g/mol. The molecule has 102 valence electrons. The van der Waals surface area contributed by atoms with Gasteiger partial charge >= 0.3 is 0 Å². The van der Waals surface area contributed by atoms with Crippen molar-refractivity contribution in [2.24, 2.45) is 0 Å². The normalized spacial score (nSPS) is 11.2. The molecule has 19 heavy (non-hydrogen) atoms. The highest BCUT2D eigenvalue weighted by molar-refractivity contribution is 9.10. The molecule has 1 aromatic carbocycles. The highest BCUT2D eigenvalue weighted by atomic mass is 79.9. The van der Waals surface area contributed by atoms with Gasteiger partial charge in [0.2, 0.25) is 0 Å². The molecule has 0 amide bonds. The summed E-state index contributed by atoms with van der Waals surface area (Å²) in [5.74, 6) is -0.210. The second-order valence-corrected chi connectivity index (χ2v) is 5.92. The molecule has 1 N–H and O–H groups in total. The molecule has 0 aliphatic rings. The first-order valence-electron chi connectivity index (χ1n) is 6.36. The Hall–Kier alpha value is -1.13. The van der Waals surface area contributed by atoms with Crippen LogP contribution in [0.5, 0.6) is 0 Å². The van der Waals surface area contributed by atoms with E-state index in [0.29, 0.717) is 12.6 Å². The average Bonchev–Trinajstić information content (AvgIpc) is 2.72. The number of hydrogen-bond acceptors (Lipinski definition) is 1. The molecule has 0 atom stereocenters. The topological polar surface area (TPSA) is 17.0 Å². The van der Waals surface area contributed by atoms with E-state index in [1.807, 2.05) is 12.3 Å². The molecule has 2 nitrogen and oxygen atoms in total. The zero-order chi connectivity index (χ0) is 13.8. The summed E-state index contributed by atoms with van der Waals surface area (Å²) in [7, 11) is 0. The van der Waals surface area contributed by atoms with Gasteiger partial charge in [-0.1, -0.05) is 29.8 Å². The van der Waals surface area contributed by atoms with Crippen molar-refractivity contribution in [2.75, 3.05) is 0 Å². The monoisotopic (exact) mass is 324 g/mol. The van der Waals surface area contributed by atoms with Crippen LogP contribution in [0, 0.1) is 5.82 Å². The molecule has 1 heterocycles. The molecule has 0 bridgehead atoms. The van der Waals surface area contributed by atoms with E-state index < -0.39 is 0 Å². The van der Waals surface area contributed by atoms with Gasteiger partial charge in [-0.15, -0.1) is 0 Å². The van der Waals surface area contributed by atoms with Gasteiger partial charge in [-0.2, -0.15) is 0 Å². The maximum atomic E-state index is 13.3. The lowest BCUT2D eigenvalue weighted by molar-refractivity contribution is 0.588. The molecule has 0 radical (unpaired) electrons. The van der Waals surface area contributed by atoms with Gasteiger partial charge in [0.25, 0.3) is 0 Å². The molecule has 2 aromatic rings. The van der Waals surface area contributed by atoms with E-state index in [9.17, 15) is 4.39 Å². The number of hydrogen-bond donors (Lipinski definition) is 1. The SMILES string of the molecule is CC(C)NCc1ccn(Cc2cc(F)cc(Br)c2)c1. The van der Waals surface area contributed by atoms with E-state index in [4.69, 9.17) is 0 Å². The smallest absolute Gasteiger partial charge is 0.124 e. The number of rotatable bonds is 5. The number of nitrogens with one attached hydrogen (secondary N) is 1. The first kappa shape index (κ1) is 14.3. The van der Waals surface area contributed by atoms with Gasteiger partial charge in [-0.3, -0.25) is 0 Å². The second-order valence-electron chi connectivity index (χ2n) is 5.01. The van der Waals surface area contributed by atoms with Gasteiger partial charge in [0.15, 0.2) is 0 Å². The maximum Gasteiger partial charge on any atom is 0.124 e. The van der Waals surface area contributed by atoms with Crippen LogP contribution < -0.4 is 5.32 Å². The van der Waals surface area contributed by atoms with E-state index >= 15 is 0 Å². The molecule has 0 aliphatic heterocycles. The standard InChI is InChI=1S/C15H18BrFN2/c1-11(2)18-8-12-3-4-19(9-12)10-13-5-14(16)7-15(17)6-13/h3-7,9,11,18H,8,10H2,1-2H3. The molecule has 0 saturated heterocycles. The summed E-state index contributed by atoms with van der Waals surface area (Å²) in [6.07, 6.45) is 4.12. The predicted octanol–water partition coefficient (Wildman–Crippen LogP) is 3.94. The fourth-order valence-corrected chi connectivity index (χ4v) is 2.44. The van der Waals surface area contributed by atoms with Crippen molar-refractivity contribution in [3.63, 3.8) is 0 Å². The van der Waals surface area contributed by atoms with E-state index in [1.54, 1.807) is 6.07 Å². The summed E-state index contributed by atoms with van der Waals surface area (Å²) in [5, 5.41) is 3.38. The van der Waals surface area contributed by atoms with Crippen LogP contribution in [0.4, 0.5) is 4.39 Å². The molecule has 0 saturated carbocycles. The highest BCUT2D eigenvalue weighted by Crippen LogP contribution is 2.16. The Bertz CT molecular complexity index is 529. The fourth-order valence-electron chi connectivity index (χ4n) is 1.93. The van der Waals surface area contributed by atoms with Crippen molar-refractivity contribution in [1.29, 1.82) is 0 Å². The lowest BCUT2D eigenvalue weighted by Crippen LogP contribution is -2.21. The number of nitrogens with zero attached hydrogens (tertiary/aromatic N) is 1. The third-order valence-corrected chi connectivity index (χ3v) is 3.27. The van der Waals surface area contributed by atoms with Crippen LogP contribution in [-0.2, 0) is 13.1 Å². The minimum Gasteiger partial charge on any atom is -0.350 e. The third kappa shape index (κ3) is 4.48. The summed E-state index contributed by atoms with van der Waals surface area (Å²) in [6.45, 7) is 5.79. The molecule has 0 unspecified atom stereocenters. The van der Waals surface area contributed by atoms with Gasteiger partial charge < -0.3 is 9.88 Å². The van der Waals surface area contributed by atoms with E-state index in [2.05, 4.69) is 51.9 Å². The van der Waals surface area contributed by atoms with E-state index in [1.165, 1.54) is 11.6 Å². The summed E-state index contributed by atoms with van der Waals surface area (Å²) < 4.78 is 16.1. The van der Waals surface area contributed by atoms with Gasteiger partial charge in [0.05, 0.1) is 0 Å². The van der Waals surface area contributed by atoms with Gasteiger partial charge in [0.1, 0.15) is 5.82 Å². The van der Waals surface area contributed by atoms with Crippen molar-refractivity contribution >= 4 is 15.9 Å². The average molecular weight is 325 g/mol. The highest BCUT2D eigenvalue weighted by Gasteiger charge is 2.02. The van der Waals surface area contributed by atoms with Crippen molar-refractivity contribution < 1.29 is 4.39 Å². The minimum absolute atomic E-state index is 0.210. The van der Waals surface area contributed by atoms with Crippen LogP contribution in [-0.4, -0.2) is 10.6 Å². The fraction of sp³-hybridized carbons (Fsp3) is 0.333. The van der Waals surface area contributed by atoms with Gasteiger partial charge in [0, 0.05) is 36.0 Å². The van der Waals surface area contributed by atoms with Crippen LogP contribution in [0.25, 0.3) is 0 Å². The Morgan fingerprint density at radius 3 is 2.74 bits per heavy atom. The van der Waals surface area contributed by atoms with Crippen LogP contribution in [0.2, 0.25) is 0 Å². The Kier molecular flexibility index (Phi) is 4.77. The van der Waals surface area contributed by atoms with Crippen molar-refractivity contribution in [2.45, 2.75) is 33.0 Å². The summed E-state index contributed by atoms with van der Waals surface area (Å²) in [5.41, 5.74) is 2.19. The number of benzene rings is 1. The van der Waals surface area contributed by atoms with Crippen molar-refractivity contribution in [3.8, 4) is 0 Å². The zero-order valence-electron chi connectivity index (χ0n) is 11.2. The molecular formula is C15H18BrFN2. The summed E-state index contributed by atoms with van der Waals surface area (Å²) in [4.78, 5) is 0. The molecule has 4 heteroatoms. The minimum atomic E-state index is -0.210. The first-order valence-corrected chi connectivity index (χ1v) is 7.15. The van der Waals surface area contributed by atoms with E-state index in [-0.39, 0.29) is 5.82 Å². The Balaban J connectivity index is 2.03. The zero-order valence-corrected chi connectivity index (χ0v) is 12.7. The maximum absolute atomic E-state index is 13.3. The quantitative estimate of drug-likeness (QED) is 0.881. The molecule has 0 aliphatic carbocycles. The summed E-state index contributed by atoms with van der Waals surface area (Å²) in [6, 6.07) is 7.54. The Morgan fingerprint density at radius 1 is 1.26 bits per heavy atom. The second kappa shape index (κ2) is 6.35. The molecule has 2 rings (SSSR count). The largest absolute Gasteiger partial charge is 0.350 e. The third-order valence-electron chi connectivity index (χ3n) is 2.81. The Morgan fingerprint density at radius 2 is 2.05 bits per heavy atom. The van der Waals surface area contributed by atoms with Crippen molar-refractivity contribution in [1.82, 2.24) is 9.88 Å². The van der Waals surface area contributed by atoms with Gasteiger partial charge in [-0.25, -0.2) is 4.39 Å². The van der Waals surface area contributed by atoms with Gasteiger partial charge in [-0.05, 0) is 35.4 Å². The molecule has 0 fully saturated rings. The number of aromatic nitrogens is 1. The van der Waals surface area contributed by atoms with Crippen LogP contribution in [0.1, 0.15) is 25.0 Å². The lowest BCUT2D eigenvalue weighted by atomic mass is 10.2. The van der Waals surface area contributed by atoms with E-state index in [0.717, 1.165) is 16.6 Å². The molecule has 1 aromatic heterocycles. The van der Waals surface area contributed by atoms with Crippen LogP contribution >= 0.6 is 15.9 Å². The molecule has 0 spiro atoms. The van der Waals surface area contributed by atoms with Crippen LogP contribution in [0.3, 0.4) is 0 Å². The predicted molar refractivity (Wildman–Crippen MR) is 79.6 cm³/mol. The Labute approximate surface area is 121 Å². The summed E-state index contributed by atoms with van der Waals surface area (Å²) >= 11 is 3.31. The number of halogens is 2.